The van der Waals surface area contributed by atoms with E-state index < -0.39 is 6.09 Å². The van der Waals surface area contributed by atoms with Gasteiger partial charge in [-0.05, 0) is 10.4 Å². The van der Waals surface area contributed by atoms with Crippen LogP contribution in [0.15, 0.2) is 0 Å². The van der Waals surface area contributed by atoms with Gasteiger partial charge in [-0.3, -0.25) is 0 Å². The third-order valence-electron chi connectivity index (χ3n) is 1.52. The van der Waals surface area contributed by atoms with Gasteiger partial charge in [0.2, 0.25) is 0 Å². The minimum atomic E-state index is -1.04. The third-order valence-corrected chi connectivity index (χ3v) is 1.52. The molecule has 0 aliphatic heterocycles. The fourth-order valence-electron chi connectivity index (χ4n) is 0.919. The molecule has 0 spiro atoms. The number of aryl methyl sites for hydroxylation is 1. The van der Waals surface area contributed by atoms with Crippen LogP contribution in [0.1, 0.15) is 12.7 Å². The Labute approximate surface area is 74.7 Å². The Hall–Kier alpha value is -1.66. The summed E-state index contributed by atoms with van der Waals surface area (Å²) in [6.07, 6.45) is -0.300. The fourth-order valence-corrected chi connectivity index (χ4v) is 0.919. The third kappa shape index (κ3) is 2.69. The summed E-state index contributed by atoms with van der Waals surface area (Å²) in [7, 11) is 0. The van der Waals surface area contributed by atoms with Crippen molar-refractivity contribution >= 4 is 6.09 Å². The molecule has 1 heterocycles. The van der Waals surface area contributed by atoms with Gasteiger partial charge in [0.1, 0.15) is 0 Å². The smallest absolute Gasteiger partial charge is 0.404 e. The van der Waals surface area contributed by atoms with Crippen LogP contribution in [-0.2, 0) is 13.0 Å². The highest BCUT2D eigenvalue weighted by atomic mass is 16.4. The molecule has 0 saturated carbocycles. The van der Waals surface area contributed by atoms with Crippen molar-refractivity contribution in [3.63, 3.8) is 0 Å². The topological polar surface area (TPSA) is 92.9 Å². The van der Waals surface area contributed by atoms with E-state index in [1.54, 1.807) is 4.68 Å². The van der Waals surface area contributed by atoms with Gasteiger partial charge in [0.05, 0.1) is 6.54 Å². The molecule has 0 bridgehead atoms. The average Bonchev–Trinajstić information content (AvgIpc) is 2.51. The lowest BCUT2D eigenvalue weighted by molar-refractivity contribution is 0.194. The van der Waals surface area contributed by atoms with E-state index in [1.165, 1.54) is 0 Å². The summed E-state index contributed by atoms with van der Waals surface area (Å²) >= 11 is 0. The number of rotatable bonds is 4. The molecule has 2 N–H and O–H groups in total. The lowest BCUT2D eigenvalue weighted by Gasteiger charge is -2.01. The summed E-state index contributed by atoms with van der Waals surface area (Å²) in [4.78, 5) is 10.1. The summed E-state index contributed by atoms with van der Waals surface area (Å²) in [5.74, 6) is 0.757. The maximum absolute atomic E-state index is 10.1. The van der Waals surface area contributed by atoms with Crippen molar-refractivity contribution in [2.75, 3.05) is 6.54 Å². The molecule has 72 valence electrons. The van der Waals surface area contributed by atoms with E-state index in [2.05, 4.69) is 20.8 Å². The standard InChI is InChI=1S/C6H11N5O2/c1-2-5-8-9-10-11(5)4-3-7-6(12)13/h7H,2-4H2,1H3,(H,12,13). The van der Waals surface area contributed by atoms with Crippen LogP contribution in [0.4, 0.5) is 4.79 Å². The molecule has 0 unspecified atom stereocenters. The maximum atomic E-state index is 10.1. The normalized spacial score (nSPS) is 9.92. The number of hydrogen-bond acceptors (Lipinski definition) is 4. The monoisotopic (exact) mass is 185 g/mol. The van der Waals surface area contributed by atoms with Gasteiger partial charge in [-0.2, -0.15) is 0 Å². The van der Waals surface area contributed by atoms with Gasteiger partial charge in [-0.15, -0.1) is 5.10 Å². The van der Waals surface area contributed by atoms with Crippen molar-refractivity contribution in [1.82, 2.24) is 25.5 Å². The van der Waals surface area contributed by atoms with E-state index in [0.29, 0.717) is 13.1 Å². The molecule has 0 aliphatic rings. The van der Waals surface area contributed by atoms with Crippen molar-refractivity contribution < 1.29 is 9.90 Å². The summed E-state index contributed by atoms with van der Waals surface area (Å²) in [6, 6.07) is 0. The Kier molecular flexibility index (Phi) is 3.18. The predicted octanol–water partition coefficient (Wildman–Crippen LogP) is -0.497. The number of hydrogen-bond donors (Lipinski definition) is 2. The number of carbonyl (C=O) groups is 1. The molecule has 0 fully saturated rings. The molecule has 7 nitrogen and oxygen atoms in total. The second-order valence-electron chi connectivity index (χ2n) is 2.40. The van der Waals surface area contributed by atoms with Gasteiger partial charge in [0.15, 0.2) is 5.82 Å². The number of tetrazole rings is 1. The highest BCUT2D eigenvalue weighted by Crippen LogP contribution is 1.91. The van der Waals surface area contributed by atoms with Crippen molar-refractivity contribution in [3.8, 4) is 0 Å². The molecule has 13 heavy (non-hydrogen) atoms. The van der Waals surface area contributed by atoms with Gasteiger partial charge < -0.3 is 10.4 Å². The molecule has 0 saturated heterocycles. The van der Waals surface area contributed by atoms with E-state index in [1.807, 2.05) is 6.92 Å². The first-order chi connectivity index (χ1) is 6.24. The van der Waals surface area contributed by atoms with Crippen LogP contribution < -0.4 is 5.32 Å². The zero-order valence-electron chi connectivity index (χ0n) is 7.27. The molecule has 0 atom stereocenters. The van der Waals surface area contributed by atoms with Gasteiger partial charge >= 0.3 is 6.09 Å². The van der Waals surface area contributed by atoms with Crippen molar-refractivity contribution in [2.24, 2.45) is 0 Å². The second-order valence-corrected chi connectivity index (χ2v) is 2.40. The van der Waals surface area contributed by atoms with Crippen LogP contribution in [0.25, 0.3) is 0 Å². The summed E-state index contributed by atoms with van der Waals surface area (Å²) < 4.78 is 1.58. The Morgan fingerprint density at radius 3 is 3.08 bits per heavy atom. The van der Waals surface area contributed by atoms with E-state index in [4.69, 9.17) is 5.11 Å². The fraction of sp³-hybridized carbons (Fsp3) is 0.667. The lowest BCUT2D eigenvalue weighted by atomic mass is 10.4. The minimum Gasteiger partial charge on any atom is -0.465 e. The molecular formula is C6H11N5O2. The molecular weight excluding hydrogens is 174 g/mol. The Balaban J connectivity index is 2.40. The first-order valence-corrected chi connectivity index (χ1v) is 3.96. The van der Waals surface area contributed by atoms with Crippen LogP contribution in [0.3, 0.4) is 0 Å². The maximum Gasteiger partial charge on any atom is 0.404 e. The molecule has 0 aromatic carbocycles. The zero-order chi connectivity index (χ0) is 9.68. The summed E-state index contributed by atoms with van der Waals surface area (Å²) in [5, 5.41) is 21.5. The van der Waals surface area contributed by atoms with Gasteiger partial charge in [0.25, 0.3) is 0 Å². The molecule has 7 heteroatoms. The molecule has 1 aromatic rings. The average molecular weight is 185 g/mol. The van der Waals surface area contributed by atoms with Crippen molar-refractivity contribution in [3.05, 3.63) is 5.82 Å². The molecule has 1 aromatic heterocycles. The minimum absolute atomic E-state index is 0.313. The van der Waals surface area contributed by atoms with E-state index in [0.717, 1.165) is 12.2 Å². The predicted molar refractivity (Wildman–Crippen MR) is 43.2 cm³/mol. The number of aromatic nitrogens is 4. The van der Waals surface area contributed by atoms with Crippen LogP contribution in [-0.4, -0.2) is 38.0 Å². The highest BCUT2D eigenvalue weighted by Gasteiger charge is 2.02. The second kappa shape index (κ2) is 4.39. The van der Waals surface area contributed by atoms with Crippen LogP contribution in [0.5, 0.6) is 0 Å². The molecule has 0 aliphatic carbocycles. The number of nitrogens with zero attached hydrogens (tertiary/aromatic N) is 4. The van der Waals surface area contributed by atoms with Gasteiger partial charge in [-0.1, -0.05) is 6.92 Å². The number of carboxylic acid groups (broad SMARTS) is 1. The Morgan fingerprint density at radius 1 is 1.69 bits per heavy atom. The van der Waals surface area contributed by atoms with Crippen molar-refractivity contribution in [2.45, 2.75) is 19.9 Å². The van der Waals surface area contributed by atoms with E-state index in [9.17, 15) is 4.79 Å². The highest BCUT2D eigenvalue weighted by molar-refractivity contribution is 5.64. The molecule has 1 rings (SSSR count). The van der Waals surface area contributed by atoms with E-state index >= 15 is 0 Å². The Bertz CT molecular complexity index is 284. The first kappa shape index (κ1) is 9.43. The SMILES string of the molecule is CCc1nnnn1CCNC(=O)O. The van der Waals surface area contributed by atoms with E-state index in [-0.39, 0.29) is 0 Å². The van der Waals surface area contributed by atoms with Gasteiger partial charge in [0, 0.05) is 13.0 Å². The number of amides is 1. The Morgan fingerprint density at radius 2 is 2.46 bits per heavy atom. The van der Waals surface area contributed by atoms with Crippen LogP contribution >= 0.6 is 0 Å². The van der Waals surface area contributed by atoms with Crippen LogP contribution in [0.2, 0.25) is 0 Å². The summed E-state index contributed by atoms with van der Waals surface area (Å²) in [6.45, 7) is 2.71. The first-order valence-electron chi connectivity index (χ1n) is 3.96. The number of nitrogens with one attached hydrogen (secondary N) is 1. The summed E-state index contributed by atoms with van der Waals surface area (Å²) in [5.41, 5.74) is 0. The van der Waals surface area contributed by atoms with Crippen molar-refractivity contribution in [1.29, 1.82) is 0 Å². The van der Waals surface area contributed by atoms with Gasteiger partial charge in [-0.25, -0.2) is 9.48 Å². The molecule has 1 amide bonds. The van der Waals surface area contributed by atoms with Crippen LogP contribution in [0, 0.1) is 0 Å². The molecule has 0 radical (unpaired) electrons. The quantitative estimate of drug-likeness (QED) is 0.659. The lowest BCUT2D eigenvalue weighted by Crippen LogP contribution is -2.26. The zero-order valence-corrected chi connectivity index (χ0v) is 7.27. The largest absolute Gasteiger partial charge is 0.465 e.